The van der Waals surface area contributed by atoms with Crippen LogP contribution >= 0.6 is 0 Å². The summed E-state index contributed by atoms with van der Waals surface area (Å²) < 4.78 is 1.54. The van der Waals surface area contributed by atoms with Crippen LogP contribution in [0.15, 0.2) is 0 Å². The first-order chi connectivity index (χ1) is 6.24. The number of aliphatic hydroxyl groups excluding tert-OH is 1. The summed E-state index contributed by atoms with van der Waals surface area (Å²) in [4.78, 5) is 0. The molecule has 1 aromatic rings. The number of hydrogen-bond donors (Lipinski definition) is 1. The van der Waals surface area contributed by atoms with Gasteiger partial charge in [-0.05, 0) is 28.7 Å². The fourth-order valence-corrected chi connectivity index (χ4v) is 1.81. The minimum absolute atomic E-state index is 0.370. The Morgan fingerprint density at radius 2 is 2.46 bits per heavy atom. The second-order valence-electron chi connectivity index (χ2n) is 3.67. The van der Waals surface area contributed by atoms with E-state index in [1.165, 1.54) is 4.68 Å². The van der Waals surface area contributed by atoms with Gasteiger partial charge < -0.3 is 5.11 Å². The van der Waals surface area contributed by atoms with E-state index in [1.807, 2.05) is 0 Å². The number of rotatable bonds is 3. The Bertz CT molecular complexity index is 298. The van der Waals surface area contributed by atoms with Crippen LogP contribution < -0.4 is 0 Å². The van der Waals surface area contributed by atoms with E-state index < -0.39 is 6.10 Å². The van der Waals surface area contributed by atoms with E-state index in [2.05, 4.69) is 22.4 Å². The lowest BCUT2D eigenvalue weighted by Gasteiger charge is -2.06. The smallest absolute Gasteiger partial charge is 0.180 e. The van der Waals surface area contributed by atoms with Gasteiger partial charge in [0.1, 0.15) is 6.10 Å². The molecule has 0 amide bonds. The van der Waals surface area contributed by atoms with Gasteiger partial charge in [-0.3, -0.25) is 0 Å². The molecule has 2 rings (SSSR count). The van der Waals surface area contributed by atoms with Gasteiger partial charge in [-0.2, -0.15) is 0 Å². The average Bonchev–Trinajstić information content (AvgIpc) is 2.80. The van der Waals surface area contributed by atoms with Crippen molar-refractivity contribution in [1.82, 2.24) is 20.2 Å². The van der Waals surface area contributed by atoms with Crippen LogP contribution in [0.25, 0.3) is 0 Å². The zero-order chi connectivity index (χ0) is 9.42. The normalized spacial score (nSPS) is 28.8. The van der Waals surface area contributed by atoms with E-state index in [-0.39, 0.29) is 0 Å². The Morgan fingerprint density at radius 1 is 1.69 bits per heavy atom. The standard InChI is InChI=1S/C8H14N4O/c1-3-5-4-6(5)7(13)8-9-10-11-12(8)2/h5-7,13H,3-4H2,1-2H3. The molecule has 5 heteroatoms. The van der Waals surface area contributed by atoms with Crippen molar-refractivity contribution >= 4 is 0 Å². The molecule has 1 saturated carbocycles. The molecule has 0 aliphatic heterocycles. The summed E-state index contributed by atoms with van der Waals surface area (Å²) in [6.07, 6.45) is 1.75. The predicted octanol–water partition coefficient (Wildman–Crippen LogP) is 0.290. The fourth-order valence-electron chi connectivity index (χ4n) is 1.81. The van der Waals surface area contributed by atoms with E-state index in [0.29, 0.717) is 17.7 Å². The molecule has 1 aromatic heterocycles. The Kier molecular flexibility index (Phi) is 2.03. The largest absolute Gasteiger partial charge is 0.385 e. The maximum Gasteiger partial charge on any atom is 0.180 e. The lowest BCUT2D eigenvalue weighted by molar-refractivity contribution is 0.132. The Hall–Kier alpha value is -0.970. The zero-order valence-electron chi connectivity index (χ0n) is 7.88. The van der Waals surface area contributed by atoms with E-state index in [1.54, 1.807) is 7.05 Å². The SMILES string of the molecule is CCC1CC1C(O)c1nnnn1C. The fraction of sp³-hybridized carbons (Fsp3) is 0.875. The molecule has 1 aliphatic carbocycles. The lowest BCUT2D eigenvalue weighted by atomic mass is 10.1. The molecule has 0 aromatic carbocycles. The lowest BCUT2D eigenvalue weighted by Crippen LogP contribution is -2.09. The van der Waals surface area contributed by atoms with Crippen molar-refractivity contribution in [2.45, 2.75) is 25.9 Å². The highest BCUT2D eigenvalue weighted by atomic mass is 16.3. The second kappa shape index (κ2) is 3.06. The third-order valence-electron chi connectivity index (χ3n) is 2.82. The van der Waals surface area contributed by atoms with Crippen LogP contribution in [0.1, 0.15) is 31.7 Å². The average molecular weight is 182 g/mol. The van der Waals surface area contributed by atoms with Crippen LogP contribution in [0.2, 0.25) is 0 Å². The van der Waals surface area contributed by atoms with E-state index in [4.69, 9.17) is 0 Å². The van der Waals surface area contributed by atoms with Gasteiger partial charge in [0, 0.05) is 7.05 Å². The minimum atomic E-state index is -0.482. The van der Waals surface area contributed by atoms with Gasteiger partial charge in [-0.1, -0.05) is 13.3 Å². The molecule has 5 nitrogen and oxygen atoms in total. The highest BCUT2D eigenvalue weighted by molar-refractivity contribution is 4.99. The maximum absolute atomic E-state index is 9.87. The predicted molar refractivity (Wildman–Crippen MR) is 45.6 cm³/mol. The molecule has 3 atom stereocenters. The summed E-state index contributed by atoms with van der Waals surface area (Å²) in [6.45, 7) is 2.15. The molecular formula is C8H14N4O. The van der Waals surface area contributed by atoms with E-state index in [0.717, 1.165) is 12.8 Å². The number of hydrogen-bond acceptors (Lipinski definition) is 4. The van der Waals surface area contributed by atoms with E-state index >= 15 is 0 Å². The van der Waals surface area contributed by atoms with Crippen molar-refractivity contribution < 1.29 is 5.11 Å². The monoisotopic (exact) mass is 182 g/mol. The van der Waals surface area contributed by atoms with Crippen LogP contribution in [-0.2, 0) is 7.05 Å². The van der Waals surface area contributed by atoms with Crippen molar-refractivity contribution in [1.29, 1.82) is 0 Å². The molecule has 13 heavy (non-hydrogen) atoms. The molecule has 1 N–H and O–H groups in total. The Morgan fingerprint density at radius 3 is 2.92 bits per heavy atom. The number of tetrazole rings is 1. The van der Waals surface area contributed by atoms with Gasteiger partial charge in [0.25, 0.3) is 0 Å². The van der Waals surface area contributed by atoms with Gasteiger partial charge in [0.15, 0.2) is 5.82 Å². The molecule has 0 radical (unpaired) electrons. The van der Waals surface area contributed by atoms with E-state index in [9.17, 15) is 5.11 Å². The van der Waals surface area contributed by atoms with Crippen molar-refractivity contribution in [3.05, 3.63) is 5.82 Å². The molecule has 0 bridgehead atoms. The third-order valence-corrected chi connectivity index (χ3v) is 2.82. The van der Waals surface area contributed by atoms with Crippen molar-refractivity contribution in [3.63, 3.8) is 0 Å². The van der Waals surface area contributed by atoms with Crippen LogP contribution in [0.3, 0.4) is 0 Å². The zero-order valence-corrected chi connectivity index (χ0v) is 7.88. The van der Waals surface area contributed by atoms with Crippen LogP contribution in [-0.4, -0.2) is 25.3 Å². The van der Waals surface area contributed by atoms with Crippen LogP contribution in [0.4, 0.5) is 0 Å². The van der Waals surface area contributed by atoms with Crippen LogP contribution in [0, 0.1) is 11.8 Å². The van der Waals surface area contributed by atoms with Crippen LogP contribution in [0.5, 0.6) is 0 Å². The first kappa shape index (κ1) is 8.62. The number of aromatic nitrogens is 4. The molecule has 1 heterocycles. The Labute approximate surface area is 76.8 Å². The quantitative estimate of drug-likeness (QED) is 0.729. The van der Waals surface area contributed by atoms with Gasteiger partial charge in [-0.15, -0.1) is 5.10 Å². The van der Waals surface area contributed by atoms with Gasteiger partial charge >= 0.3 is 0 Å². The molecule has 3 unspecified atom stereocenters. The molecule has 0 saturated heterocycles. The number of nitrogens with zero attached hydrogens (tertiary/aromatic N) is 4. The Balaban J connectivity index is 2.06. The summed E-state index contributed by atoms with van der Waals surface area (Å²) in [5.74, 6) is 1.61. The van der Waals surface area contributed by atoms with Crippen molar-refractivity contribution in [2.24, 2.45) is 18.9 Å². The van der Waals surface area contributed by atoms with Gasteiger partial charge in [0.05, 0.1) is 0 Å². The maximum atomic E-state index is 9.87. The van der Waals surface area contributed by atoms with Gasteiger partial charge in [-0.25, -0.2) is 4.68 Å². The van der Waals surface area contributed by atoms with Gasteiger partial charge in [0.2, 0.25) is 0 Å². The molecule has 0 spiro atoms. The highest BCUT2D eigenvalue weighted by Gasteiger charge is 2.43. The molecule has 1 fully saturated rings. The second-order valence-corrected chi connectivity index (χ2v) is 3.67. The summed E-state index contributed by atoms with van der Waals surface area (Å²) in [5.41, 5.74) is 0. The summed E-state index contributed by atoms with van der Waals surface area (Å²) in [7, 11) is 1.75. The first-order valence-electron chi connectivity index (χ1n) is 4.64. The minimum Gasteiger partial charge on any atom is -0.385 e. The summed E-state index contributed by atoms with van der Waals surface area (Å²) >= 11 is 0. The first-order valence-corrected chi connectivity index (χ1v) is 4.64. The summed E-state index contributed by atoms with van der Waals surface area (Å²) in [6, 6.07) is 0. The molecule has 72 valence electrons. The van der Waals surface area contributed by atoms with Crippen molar-refractivity contribution in [3.8, 4) is 0 Å². The molecule has 1 aliphatic rings. The van der Waals surface area contributed by atoms with Crippen molar-refractivity contribution in [2.75, 3.05) is 0 Å². The highest BCUT2D eigenvalue weighted by Crippen LogP contribution is 2.48. The third kappa shape index (κ3) is 1.44. The number of aliphatic hydroxyl groups is 1. The molecular weight excluding hydrogens is 168 g/mol. The summed E-state index contributed by atoms with van der Waals surface area (Å²) in [5, 5.41) is 20.9. The number of aryl methyl sites for hydroxylation is 1. The topological polar surface area (TPSA) is 63.8 Å².